The van der Waals surface area contributed by atoms with Gasteiger partial charge in [-0.2, -0.15) is 9.61 Å². The summed E-state index contributed by atoms with van der Waals surface area (Å²) in [5.41, 5.74) is 0.981. The number of hydrogen-bond acceptors (Lipinski definition) is 3. The van der Waals surface area contributed by atoms with Gasteiger partial charge in [-0.3, -0.25) is 0 Å². The molecule has 0 saturated carbocycles. The molecule has 2 rings (SSSR count). The molecular weight excluding hydrogens is 223 g/mol. The number of rotatable bonds is 2. The molecule has 0 atom stereocenters. The highest BCUT2D eigenvalue weighted by atomic mass is 19.4. The lowest BCUT2D eigenvalue weighted by molar-refractivity contribution is -0.276. The molecule has 0 bridgehead atoms. The fraction of sp³-hybridized carbons (Fsp3) is 0.333. The number of aryl methyl sites for hydroxylation is 1. The third-order valence-corrected chi connectivity index (χ3v) is 1.97. The molecule has 0 aliphatic heterocycles. The summed E-state index contributed by atoms with van der Waals surface area (Å²) in [5.74, 6) is -0.433. The molecule has 0 aromatic carbocycles. The smallest absolute Gasteiger partial charge is 0.386 e. The van der Waals surface area contributed by atoms with Gasteiger partial charge in [0, 0.05) is 0 Å². The molecule has 7 heteroatoms. The lowest BCUT2D eigenvalue weighted by Crippen LogP contribution is -2.18. The van der Waals surface area contributed by atoms with Crippen molar-refractivity contribution in [3.05, 3.63) is 24.0 Å². The molecule has 2 aromatic heterocycles. The molecule has 0 fully saturated rings. The highest BCUT2D eigenvalue weighted by molar-refractivity contribution is 5.40. The molecule has 0 saturated heterocycles. The Morgan fingerprint density at radius 1 is 1.38 bits per heavy atom. The van der Waals surface area contributed by atoms with Gasteiger partial charge < -0.3 is 4.74 Å². The maximum atomic E-state index is 12.0. The van der Waals surface area contributed by atoms with Crippen LogP contribution in [0, 0.1) is 0 Å². The second-order valence-corrected chi connectivity index (χ2v) is 3.09. The van der Waals surface area contributed by atoms with Crippen LogP contribution >= 0.6 is 0 Å². The quantitative estimate of drug-likeness (QED) is 0.795. The van der Waals surface area contributed by atoms with Crippen LogP contribution in [0.25, 0.3) is 5.65 Å². The number of imidazole rings is 1. The Morgan fingerprint density at radius 3 is 2.75 bits per heavy atom. The molecule has 0 amide bonds. The highest BCUT2D eigenvalue weighted by Crippen LogP contribution is 2.22. The Bertz CT molecular complexity index is 506. The summed E-state index contributed by atoms with van der Waals surface area (Å²) in [5, 5.41) is 3.97. The normalized spacial score (nSPS) is 12.0. The molecule has 16 heavy (non-hydrogen) atoms. The molecule has 86 valence electrons. The van der Waals surface area contributed by atoms with Gasteiger partial charge in [0.05, 0.1) is 11.9 Å². The highest BCUT2D eigenvalue weighted by Gasteiger charge is 2.32. The number of alkyl halides is 3. The Labute approximate surface area is 88.7 Å². The van der Waals surface area contributed by atoms with Gasteiger partial charge in [-0.15, -0.1) is 13.2 Å². The van der Waals surface area contributed by atoms with Crippen LogP contribution in [0.2, 0.25) is 0 Å². The maximum Gasteiger partial charge on any atom is 0.574 e. The SMILES string of the molecule is CCc1ccc2ncc(OC(F)(F)F)n2n1. The van der Waals surface area contributed by atoms with Crippen LogP contribution < -0.4 is 4.74 Å². The van der Waals surface area contributed by atoms with E-state index in [2.05, 4.69) is 14.8 Å². The predicted molar refractivity (Wildman–Crippen MR) is 49.0 cm³/mol. The second-order valence-electron chi connectivity index (χ2n) is 3.09. The maximum absolute atomic E-state index is 12.0. The zero-order valence-electron chi connectivity index (χ0n) is 8.32. The summed E-state index contributed by atoms with van der Waals surface area (Å²) in [4.78, 5) is 3.75. The number of aromatic nitrogens is 3. The molecule has 2 heterocycles. The third-order valence-electron chi connectivity index (χ3n) is 1.97. The average Bonchev–Trinajstić information content (AvgIpc) is 2.58. The van der Waals surface area contributed by atoms with E-state index in [1.807, 2.05) is 6.92 Å². The van der Waals surface area contributed by atoms with E-state index < -0.39 is 12.2 Å². The topological polar surface area (TPSA) is 39.4 Å². The molecule has 0 spiro atoms. The van der Waals surface area contributed by atoms with Gasteiger partial charge in [-0.25, -0.2) is 4.98 Å². The van der Waals surface area contributed by atoms with Gasteiger partial charge in [-0.1, -0.05) is 6.92 Å². The lowest BCUT2D eigenvalue weighted by atomic mass is 10.3. The summed E-state index contributed by atoms with van der Waals surface area (Å²) < 4.78 is 40.9. The van der Waals surface area contributed by atoms with Gasteiger partial charge in [0.15, 0.2) is 5.65 Å². The van der Waals surface area contributed by atoms with Gasteiger partial charge in [0.1, 0.15) is 0 Å². The summed E-state index contributed by atoms with van der Waals surface area (Å²) in [6.07, 6.45) is -3.12. The molecule has 0 unspecified atom stereocenters. The minimum atomic E-state index is -4.74. The molecule has 0 N–H and O–H groups in total. The van der Waals surface area contributed by atoms with Crippen LogP contribution in [-0.2, 0) is 6.42 Å². The molecule has 0 radical (unpaired) electrons. The van der Waals surface area contributed by atoms with Gasteiger partial charge in [-0.05, 0) is 18.6 Å². The van der Waals surface area contributed by atoms with Crippen LogP contribution in [0.3, 0.4) is 0 Å². The van der Waals surface area contributed by atoms with Crippen LogP contribution in [0.4, 0.5) is 13.2 Å². The third kappa shape index (κ3) is 2.07. The zero-order chi connectivity index (χ0) is 11.8. The van der Waals surface area contributed by atoms with E-state index in [-0.39, 0.29) is 0 Å². The van der Waals surface area contributed by atoms with Crippen molar-refractivity contribution in [1.82, 2.24) is 14.6 Å². The van der Waals surface area contributed by atoms with Gasteiger partial charge >= 0.3 is 6.36 Å². The minimum Gasteiger partial charge on any atom is -0.386 e. The van der Waals surface area contributed by atoms with Crippen molar-refractivity contribution in [3.63, 3.8) is 0 Å². The largest absolute Gasteiger partial charge is 0.574 e. The van der Waals surface area contributed by atoms with Gasteiger partial charge in [0.2, 0.25) is 5.88 Å². The molecular formula is C9H8F3N3O. The molecule has 0 aliphatic rings. The van der Waals surface area contributed by atoms with Crippen LogP contribution in [0.1, 0.15) is 12.6 Å². The number of halogens is 3. The Balaban J connectivity index is 2.46. The van der Waals surface area contributed by atoms with Gasteiger partial charge in [0.25, 0.3) is 0 Å². The van der Waals surface area contributed by atoms with Crippen LogP contribution in [0.5, 0.6) is 5.88 Å². The molecule has 4 nitrogen and oxygen atoms in total. The lowest BCUT2D eigenvalue weighted by Gasteiger charge is -2.07. The average molecular weight is 231 g/mol. The summed E-state index contributed by atoms with van der Waals surface area (Å²) >= 11 is 0. The first-order chi connectivity index (χ1) is 7.49. The van der Waals surface area contributed by atoms with Crippen LogP contribution in [-0.4, -0.2) is 21.0 Å². The first-order valence-corrected chi connectivity index (χ1v) is 4.59. The summed E-state index contributed by atoms with van der Waals surface area (Å²) in [6, 6.07) is 3.30. The van der Waals surface area contributed by atoms with Crippen molar-refractivity contribution in [1.29, 1.82) is 0 Å². The molecule has 2 aromatic rings. The molecule has 0 aliphatic carbocycles. The first kappa shape index (κ1) is 10.7. The Morgan fingerprint density at radius 2 is 2.12 bits per heavy atom. The second kappa shape index (κ2) is 3.66. The fourth-order valence-electron chi connectivity index (χ4n) is 1.27. The van der Waals surface area contributed by atoms with E-state index >= 15 is 0 Å². The number of fused-ring (bicyclic) bond motifs is 1. The number of nitrogens with zero attached hydrogens (tertiary/aromatic N) is 3. The van der Waals surface area contributed by atoms with E-state index in [1.165, 1.54) is 0 Å². The van der Waals surface area contributed by atoms with E-state index in [0.717, 1.165) is 10.7 Å². The van der Waals surface area contributed by atoms with Crippen molar-refractivity contribution in [3.8, 4) is 5.88 Å². The standard InChI is InChI=1S/C9H8F3N3O/c1-2-6-3-4-7-13-5-8(15(7)14-6)16-9(10,11)12/h3-5H,2H2,1H3. The van der Waals surface area contributed by atoms with E-state index in [1.54, 1.807) is 12.1 Å². The fourth-order valence-corrected chi connectivity index (χ4v) is 1.27. The zero-order valence-corrected chi connectivity index (χ0v) is 8.32. The van der Waals surface area contributed by atoms with Crippen molar-refractivity contribution >= 4 is 5.65 Å². The Hall–Kier alpha value is -1.79. The van der Waals surface area contributed by atoms with Crippen LogP contribution in [0.15, 0.2) is 18.3 Å². The number of ether oxygens (including phenoxy) is 1. The van der Waals surface area contributed by atoms with E-state index in [4.69, 9.17) is 0 Å². The van der Waals surface area contributed by atoms with E-state index in [0.29, 0.717) is 17.8 Å². The van der Waals surface area contributed by atoms with Crippen molar-refractivity contribution in [2.75, 3.05) is 0 Å². The summed E-state index contributed by atoms with van der Waals surface area (Å²) in [6.45, 7) is 1.86. The van der Waals surface area contributed by atoms with Crippen molar-refractivity contribution in [2.45, 2.75) is 19.7 Å². The first-order valence-electron chi connectivity index (χ1n) is 4.59. The predicted octanol–water partition coefficient (Wildman–Crippen LogP) is 2.19. The van der Waals surface area contributed by atoms with Crippen molar-refractivity contribution in [2.24, 2.45) is 0 Å². The van der Waals surface area contributed by atoms with Crippen molar-refractivity contribution < 1.29 is 17.9 Å². The monoisotopic (exact) mass is 231 g/mol. The number of hydrogen-bond donors (Lipinski definition) is 0. The minimum absolute atomic E-state index is 0.316. The summed E-state index contributed by atoms with van der Waals surface area (Å²) in [7, 11) is 0. The Kier molecular flexibility index (Phi) is 2.45. The van der Waals surface area contributed by atoms with E-state index in [9.17, 15) is 13.2 Å².